The third kappa shape index (κ3) is 10.1. The van der Waals surface area contributed by atoms with Crippen LogP contribution in [-0.2, 0) is 48.4 Å². The molecule has 63 heavy (non-hydrogen) atoms. The summed E-state index contributed by atoms with van der Waals surface area (Å²) in [5.41, 5.74) is 2.56. The SMILES string of the molecule is FC(F)(F)c1ccc(C2=N[C@@H](C(Cc3ccccc3)(Cc3ccccc3)O[PH+]3Oc4ccc5ccccc5c4-c4c(ccc5ccccc45)O3)CO2)cc1.[C-]1=CCC[C-]=CCC1.[Ir]. The van der Waals surface area contributed by atoms with Gasteiger partial charge in [0.05, 0.1) is 5.56 Å². The summed E-state index contributed by atoms with van der Waals surface area (Å²) in [5, 5.41) is 4.22. The van der Waals surface area contributed by atoms with Gasteiger partial charge in [-0.25, -0.2) is 4.99 Å². The Labute approximate surface area is 380 Å². The molecule has 0 aromatic heterocycles. The molecule has 7 aromatic rings. The molecule has 0 saturated heterocycles. The Kier molecular flexibility index (Phi) is 13.9. The fraction of sp³-hybridized carbons (Fsp3) is 0.189. The summed E-state index contributed by atoms with van der Waals surface area (Å²) >= 11 is 0. The molecule has 0 fully saturated rings. The first-order chi connectivity index (χ1) is 30.3. The molecule has 0 saturated carbocycles. The monoisotopic (exact) mass is 1040 g/mol. The van der Waals surface area contributed by atoms with E-state index in [-0.39, 0.29) is 32.6 Å². The number of fused-ring (bicyclic) bond motifs is 7. The average Bonchev–Trinajstić information content (AvgIpc) is 3.72. The molecule has 7 aromatic carbocycles. The topological polar surface area (TPSA) is 49.3 Å². The third-order valence-corrected chi connectivity index (χ3v) is 12.6. The maximum Gasteiger partial charge on any atom is 0.486 e. The van der Waals surface area contributed by atoms with Crippen LogP contribution in [0, 0.1) is 12.2 Å². The predicted octanol–water partition coefficient (Wildman–Crippen LogP) is 13.8. The van der Waals surface area contributed by atoms with E-state index in [9.17, 15) is 13.2 Å². The molecular formula is C53H44F3IrNO4P-. The Morgan fingerprint density at radius 2 is 1.10 bits per heavy atom. The van der Waals surface area contributed by atoms with Crippen molar-refractivity contribution < 1.29 is 51.6 Å². The predicted molar refractivity (Wildman–Crippen MR) is 242 cm³/mol. The minimum atomic E-state index is -4.45. The zero-order valence-corrected chi connectivity index (χ0v) is 37.6. The molecule has 1 radical (unpaired) electrons. The fourth-order valence-corrected chi connectivity index (χ4v) is 9.68. The van der Waals surface area contributed by atoms with Crippen molar-refractivity contribution >= 4 is 36.0 Å². The van der Waals surface area contributed by atoms with Gasteiger partial charge in [-0.15, -0.1) is 0 Å². The molecule has 10 heteroatoms. The number of hydrogen-bond donors (Lipinski definition) is 0. The van der Waals surface area contributed by atoms with Gasteiger partial charge >= 0.3 is 14.8 Å². The second-order valence-electron chi connectivity index (χ2n) is 15.5. The maximum absolute atomic E-state index is 13.4. The Morgan fingerprint density at radius 3 is 1.60 bits per heavy atom. The molecule has 1 atom stereocenters. The molecule has 0 bridgehead atoms. The number of halogens is 3. The van der Waals surface area contributed by atoms with Crippen LogP contribution in [0.25, 0.3) is 32.7 Å². The third-order valence-electron chi connectivity index (χ3n) is 11.3. The standard InChI is InChI=1S/C45H34F3NO4P.C8H10.Ir/c46-45(47,48)35-23-19-34(20-24-35)43-49-40(29-50-43)44(27-30-11-3-1-4-12-30,28-31-13-5-2-6-14-31)53-54-51-38-25-21-32-15-7-9-17-36(32)41(38)42-37-18-10-8-16-33(37)22-26-39(42)52-54;1-2-4-6-8-7-5-3-1;/h1-26,40,54H,27-29H2;1,8H,2,4-5,7H2;/q+1;-2;/t40-;;/m1../s1. The van der Waals surface area contributed by atoms with Crippen molar-refractivity contribution in [3.8, 4) is 22.6 Å². The van der Waals surface area contributed by atoms with Gasteiger partial charge in [-0.1, -0.05) is 134 Å². The molecule has 3 aliphatic rings. The van der Waals surface area contributed by atoms with Crippen molar-refractivity contribution in [2.24, 2.45) is 4.99 Å². The first-order valence-electron chi connectivity index (χ1n) is 20.8. The van der Waals surface area contributed by atoms with Crippen molar-refractivity contribution in [3.05, 3.63) is 204 Å². The largest absolute Gasteiger partial charge is 0.500 e. The summed E-state index contributed by atoms with van der Waals surface area (Å²) in [7, 11) is -2.63. The number of hydrogen-bond acceptors (Lipinski definition) is 5. The van der Waals surface area contributed by atoms with E-state index in [1.807, 2.05) is 72.8 Å². The average molecular weight is 1040 g/mol. The molecule has 2 heterocycles. The van der Waals surface area contributed by atoms with E-state index >= 15 is 0 Å². The fourth-order valence-electron chi connectivity index (χ4n) is 8.24. The van der Waals surface area contributed by atoms with Crippen molar-refractivity contribution in [1.82, 2.24) is 0 Å². The molecule has 1 aliphatic carbocycles. The first-order valence-corrected chi connectivity index (χ1v) is 22.1. The van der Waals surface area contributed by atoms with Gasteiger partial charge in [0.15, 0.2) is 17.1 Å². The van der Waals surface area contributed by atoms with E-state index in [4.69, 9.17) is 23.3 Å². The number of ether oxygens (including phenoxy) is 1. The Bertz CT molecular complexity index is 2590. The Morgan fingerprint density at radius 1 is 0.603 bits per heavy atom. The zero-order valence-electron chi connectivity index (χ0n) is 34.2. The summed E-state index contributed by atoms with van der Waals surface area (Å²) in [6.07, 6.45) is 11.4. The zero-order chi connectivity index (χ0) is 42.4. The Balaban J connectivity index is 0.000000547. The quantitative estimate of drug-likeness (QED) is 0.112. The van der Waals surface area contributed by atoms with Gasteiger partial charge in [0.25, 0.3) is 0 Å². The van der Waals surface area contributed by atoms with Crippen LogP contribution >= 0.6 is 8.60 Å². The smallest absolute Gasteiger partial charge is 0.486 e. The molecule has 0 N–H and O–H groups in total. The second kappa shape index (κ2) is 19.9. The molecular weight excluding hydrogens is 995 g/mol. The van der Waals surface area contributed by atoms with Crippen LogP contribution in [0.15, 0.2) is 175 Å². The number of aliphatic imine (C=N–C) groups is 1. The van der Waals surface area contributed by atoms with Crippen molar-refractivity contribution in [2.75, 3.05) is 6.61 Å². The minimum absolute atomic E-state index is 0. The molecule has 2 aliphatic heterocycles. The van der Waals surface area contributed by atoms with Crippen LogP contribution in [0.2, 0.25) is 0 Å². The second-order valence-corrected chi connectivity index (χ2v) is 16.6. The Hall–Kier alpha value is -5.56. The van der Waals surface area contributed by atoms with Gasteiger partial charge < -0.3 is 16.9 Å². The van der Waals surface area contributed by atoms with Gasteiger partial charge in [0.2, 0.25) is 5.90 Å². The molecule has 0 spiro atoms. The summed E-state index contributed by atoms with van der Waals surface area (Å²) in [6, 6.07) is 49.0. The van der Waals surface area contributed by atoms with Gasteiger partial charge in [-0.2, -0.15) is 30.5 Å². The number of rotatable bonds is 8. The van der Waals surface area contributed by atoms with E-state index in [0.29, 0.717) is 29.9 Å². The van der Waals surface area contributed by atoms with Crippen LogP contribution in [0.4, 0.5) is 13.2 Å². The van der Waals surface area contributed by atoms with E-state index in [1.54, 1.807) is 0 Å². The van der Waals surface area contributed by atoms with Gasteiger partial charge in [-0.05, 0) is 69.1 Å². The van der Waals surface area contributed by atoms with Gasteiger partial charge in [0, 0.05) is 49.6 Å². The van der Waals surface area contributed by atoms with E-state index < -0.39 is 32.0 Å². The molecule has 0 unspecified atom stereocenters. The van der Waals surface area contributed by atoms with Crippen LogP contribution in [-0.4, -0.2) is 24.1 Å². The van der Waals surface area contributed by atoms with Crippen LogP contribution in [0.3, 0.4) is 0 Å². The van der Waals surface area contributed by atoms with Gasteiger partial charge in [0.1, 0.15) is 12.6 Å². The first kappa shape index (κ1) is 44.1. The summed E-state index contributed by atoms with van der Waals surface area (Å²) in [5.74, 6) is 1.57. The van der Waals surface area contributed by atoms with E-state index in [1.165, 1.54) is 12.1 Å². The molecule has 5 nitrogen and oxygen atoms in total. The van der Waals surface area contributed by atoms with Gasteiger partial charge in [-0.3, -0.25) is 21.2 Å². The summed E-state index contributed by atoms with van der Waals surface area (Å²) in [4.78, 5) is 5.07. The summed E-state index contributed by atoms with van der Waals surface area (Å²) in [6.45, 7) is 0.146. The molecule has 0 amide bonds. The normalized spacial score (nSPS) is 16.0. The number of nitrogens with zero attached hydrogens (tertiary/aromatic N) is 1. The maximum atomic E-state index is 13.4. The number of alkyl halides is 3. The van der Waals surface area contributed by atoms with Crippen molar-refractivity contribution in [2.45, 2.75) is 56.3 Å². The summed E-state index contributed by atoms with van der Waals surface area (Å²) < 4.78 is 67.6. The molecule has 321 valence electrons. The van der Waals surface area contributed by atoms with E-state index in [2.05, 4.69) is 85.0 Å². The van der Waals surface area contributed by atoms with Crippen LogP contribution in [0.1, 0.15) is 47.9 Å². The van der Waals surface area contributed by atoms with Crippen LogP contribution in [0.5, 0.6) is 11.5 Å². The number of allylic oxidation sites excluding steroid dienone is 4. The van der Waals surface area contributed by atoms with E-state index in [0.717, 1.165) is 81.6 Å². The number of benzene rings is 7. The molecule has 10 rings (SSSR count). The van der Waals surface area contributed by atoms with Crippen molar-refractivity contribution in [1.29, 1.82) is 0 Å². The minimum Gasteiger partial charge on any atom is -0.500 e. The van der Waals surface area contributed by atoms with Crippen molar-refractivity contribution in [3.63, 3.8) is 0 Å². The van der Waals surface area contributed by atoms with Crippen LogP contribution < -0.4 is 9.05 Å².